The van der Waals surface area contributed by atoms with Gasteiger partial charge in [0.15, 0.2) is 0 Å². The SMILES string of the molecule is O=C(NCCCCO)C1(c2ccccc2)CCNCC1. The lowest BCUT2D eigenvalue weighted by Gasteiger charge is -2.36. The molecule has 1 fully saturated rings. The largest absolute Gasteiger partial charge is 0.396 e. The van der Waals surface area contributed by atoms with E-state index in [9.17, 15) is 4.79 Å². The van der Waals surface area contributed by atoms with Gasteiger partial charge in [0, 0.05) is 13.2 Å². The summed E-state index contributed by atoms with van der Waals surface area (Å²) in [5.74, 6) is 0.128. The van der Waals surface area contributed by atoms with Crippen LogP contribution < -0.4 is 10.6 Å². The molecule has 0 aliphatic carbocycles. The normalized spacial score (nSPS) is 17.6. The van der Waals surface area contributed by atoms with Crippen molar-refractivity contribution in [2.75, 3.05) is 26.2 Å². The van der Waals surface area contributed by atoms with Gasteiger partial charge in [0.2, 0.25) is 5.91 Å². The number of carbonyl (C=O) groups excluding carboxylic acids is 1. The Morgan fingerprint density at radius 3 is 2.55 bits per heavy atom. The highest BCUT2D eigenvalue weighted by molar-refractivity contribution is 5.88. The molecule has 1 saturated heterocycles. The number of amides is 1. The van der Waals surface area contributed by atoms with Crippen LogP contribution in [-0.2, 0) is 10.2 Å². The first-order chi connectivity index (χ1) is 9.79. The number of hydrogen-bond donors (Lipinski definition) is 3. The number of carbonyl (C=O) groups is 1. The van der Waals surface area contributed by atoms with Gasteiger partial charge >= 0.3 is 0 Å². The Morgan fingerprint density at radius 2 is 1.90 bits per heavy atom. The lowest BCUT2D eigenvalue weighted by atomic mass is 9.72. The maximum absolute atomic E-state index is 12.7. The van der Waals surface area contributed by atoms with E-state index < -0.39 is 5.41 Å². The Labute approximate surface area is 120 Å². The number of unbranched alkanes of at least 4 members (excludes halogenated alkanes) is 1. The van der Waals surface area contributed by atoms with Crippen molar-refractivity contribution >= 4 is 5.91 Å². The first kappa shape index (κ1) is 15.0. The van der Waals surface area contributed by atoms with Gasteiger partial charge in [0.05, 0.1) is 5.41 Å². The number of nitrogens with one attached hydrogen (secondary N) is 2. The molecule has 1 amide bonds. The minimum absolute atomic E-state index is 0.128. The second-order valence-corrected chi connectivity index (χ2v) is 5.38. The quantitative estimate of drug-likeness (QED) is 0.684. The highest BCUT2D eigenvalue weighted by Crippen LogP contribution is 2.33. The molecule has 0 radical (unpaired) electrons. The molecule has 0 bridgehead atoms. The molecule has 0 unspecified atom stereocenters. The maximum atomic E-state index is 12.7. The number of aliphatic hydroxyl groups excluding tert-OH is 1. The molecule has 3 N–H and O–H groups in total. The van der Waals surface area contributed by atoms with Crippen LogP contribution in [0.15, 0.2) is 30.3 Å². The van der Waals surface area contributed by atoms with E-state index in [0.717, 1.165) is 44.3 Å². The average Bonchev–Trinajstić information content (AvgIpc) is 2.53. The van der Waals surface area contributed by atoms with Crippen LogP contribution in [0.5, 0.6) is 0 Å². The highest BCUT2D eigenvalue weighted by Gasteiger charge is 2.40. The molecule has 20 heavy (non-hydrogen) atoms. The van der Waals surface area contributed by atoms with E-state index in [4.69, 9.17) is 5.11 Å². The van der Waals surface area contributed by atoms with Crippen molar-refractivity contribution in [3.05, 3.63) is 35.9 Å². The number of hydrogen-bond acceptors (Lipinski definition) is 3. The number of piperidine rings is 1. The fraction of sp³-hybridized carbons (Fsp3) is 0.562. The highest BCUT2D eigenvalue weighted by atomic mass is 16.2. The summed E-state index contributed by atoms with van der Waals surface area (Å²) in [6, 6.07) is 10.1. The standard InChI is InChI=1S/C16H24N2O2/c19-13-5-4-10-18-15(20)16(8-11-17-12-9-16)14-6-2-1-3-7-14/h1-3,6-7,17,19H,4-5,8-13H2,(H,18,20). The van der Waals surface area contributed by atoms with Gasteiger partial charge in [-0.1, -0.05) is 30.3 Å². The van der Waals surface area contributed by atoms with Crippen LogP contribution in [0.3, 0.4) is 0 Å². The van der Waals surface area contributed by atoms with Crippen molar-refractivity contribution < 1.29 is 9.90 Å². The van der Waals surface area contributed by atoms with Gasteiger partial charge < -0.3 is 15.7 Å². The summed E-state index contributed by atoms with van der Waals surface area (Å²) < 4.78 is 0. The summed E-state index contributed by atoms with van der Waals surface area (Å²) >= 11 is 0. The molecule has 2 rings (SSSR count). The Hall–Kier alpha value is -1.39. The first-order valence-corrected chi connectivity index (χ1v) is 7.45. The molecule has 4 heteroatoms. The molecule has 1 aromatic rings. The van der Waals surface area contributed by atoms with Gasteiger partial charge in [-0.3, -0.25) is 4.79 Å². The maximum Gasteiger partial charge on any atom is 0.230 e. The van der Waals surface area contributed by atoms with Crippen molar-refractivity contribution in [2.24, 2.45) is 0 Å². The minimum Gasteiger partial charge on any atom is -0.396 e. The Bertz CT molecular complexity index is 414. The van der Waals surface area contributed by atoms with E-state index >= 15 is 0 Å². The summed E-state index contributed by atoms with van der Waals surface area (Å²) in [7, 11) is 0. The molecule has 1 aliphatic heterocycles. The molecule has 4 nitrogen and oxygen atoms in total. The predicted molar refractivity (Wildman–Crippen MR) is 79.6 cm³/mol. The van der Waals surface area contributed by atoms with Crippen molar-refractivity contribution in [3.63, 3.8) is 0 Å². The van der Waals surface area contributed by atoms with Gasteiger partial charge in [-0.05, 0) is 44.3 Å². The Balaban J connectivity index is 2.09. The van der Waals surface area contributed by atoms with Crippen LogP contribution in [0.4, 0.5) is 0 Å². The third-order valence-electron chi connectivity index (χ3n) is 4.09. The van der Waals surface area contributed by atoms with Crippen molar-refractivity contribution in [1.82, 2.24) is 10.6 Å². The summed E-state index contributed by atoms with van der Waals surface area (Å²) in [5, 5.41) is 15.2. The fourth-order valence-electron chi connectivity index (χ4n) is 2.87. The molecule has 1 aromatic carbocycles. The smallest absolute Gasteiger partial charge is 0.230 e. The van der Waals surface area contributed by atoms with Gasteiger partial charge in [-0.2, -0.15) is 0 Å². The van der Waals surface area contributed by atoms with E-state index in [1.54, 1.807) is 0 Å². The summed E-state index contributed by atoms with van der Waals surface area (Å²) in [4.78, 5) is 12.7. The topological polar surface area (TPSA) is 61.4 Å². The van der Waals surface area contributed by atoms with Gasteiger partial charge in [-0.25, -0.2) is 0 Å². The Kier molecular flexibility index (Phi) is 5.56. The lowest BCUT2D eigenvalue weighted by molar-refractivity contribution is -0.127. The van der Waals surface area contributed by atoms with Crippen LogP contribution in [0.25, 0.3) is 0 Å². The number of rotatable bonds is 6. The second kappa shape index (κ2) is 7.41. The molecule has 0 spiro atoms. The molecule has 1 aliphatic rings. The molecular formula is C16H24N2O2. The van der Waals surface area contributed by atoms with Gasteiger partial charge in [-0.15, -0.1) is 0 Å². The average molecular weight is 276 g/mol. The summed E-state index contributed by atoms with van der Waals surface area (Å²) in [5.41, 5.74) is 0.715. The van der Waals surface area contributed by atoms with Crippen molar-refractivity contribution in [1.29, 1.82) is 0 Å². The van der Waals surface area contributed by atoms with Crippen LogP contribution in [0, 0.1) is 0 Å². The van der Waals surface area contributed by atoms with E-state index in [0.29, 0.717) is 6.54 Å². The van der Waals surface area contributed by atoms with Crippen molar-refractivity contribution in [3.8, 4) is 0 Å². The second-order valence-electron chi connectivity index (χ2n) is 5.38. The van der Waals surface area contributed by atoms with Gasteiger partial charge in [0.1, 0.15) is 0 Å². The molecule has 110 valence electrons. The monoisotopic (exact) mass is 276 g/mol. The zero-order valence-electron chi connectivity index (χ0n) is 11.9. The molecule has 0 saturated carbocycles. The zero-order chi connectivity index (χ0) is 14.3. The summed E-state index contributed by atoms with van der Waals surface area (Å²) in [6.45, 7) is 2.57. The van der Waals surface area contributed by atoms with Gasteiger partial charge in [0.25, 0.3) is 0 Å². The lowest BCUT2D eigenvalue weighted by Crippen LogP contribution is -2.50. The van der Waals surface area contributed by atoms with Crippen LogP contribution in [0.2, 0.25) is 0 Å². The predicted octanol–water partition coefficient (Wildman–Crippen LogP) is 1.20. The fourth-order valence-corrected chi connectivity index (χ4v) is 2.87. The number of benzene rings is 1. The van der Waals surface area contributed by atoms with Crippen LogP contribution >= 0.6 is 0 Å². The zero-order valence-corrected chi connectivity index (χ0v) is 11.9. The van der Waals surface area contributed by atoms with E-state index in [1.807, 2.05) is 18.2 Å². The van der Waals surface area contributed by atoms with E-state index in [1.165, 1.54) is 0 Å². The molecule has 0 aromatic heterocycles. The van der Waals surface area contributed by atoms with E-state index in [2.05, 4.69) is 22.8 Å². The van der Waals surface area contributed by atoms with Crippen LogP contribution in [-0.4, -0.2) is 37.3 Å². The molecule has 0 atom stereocenters. The molecular weight excluding hydrogens is 252 g/mol. The molecule has 1 heterocycles. The third-order valence-corrected chi connectivity index (χ3v) is 4.09. The van der Waals surface area contributed by atoms with Crippen molar-refractivity contribution in [2.45, 2.75) is 31.1 Å². The Morgan fingerprint density at radius 1 is 1.20 bits per heavy atom. The van der Waals surface area contributed by atoms with E-state index in [-0.39, 0.29) is 12.5 Å². The minimum atomic E-state index is -0.397. The summed E-state index contributed by atoms with van der Waals surface area (Å²) in [6.07, 6.45) is 3.23. The first-order valence-electron chi connectivity index (χ1n) is 7.45. The number of aliphatic hydroxyl groups is 1. The third kappa shape index (κ3) is 3.38. The van der Waals surface area contributed by atoms with Crippen LogP contribution in [0.1, 0.15) is 31.2 Å².